The Morgan fingerprint density at radius 1 is 1.50 bits per heavy atom. The zero-order chi connectivity index (χ0) is 15.1. The predicted octanol–water partition coefficient (Wildman–Crippen LogP) is 1.85. The largest absolute Gasteiger partial charge is 0.383 e. The van der Waals surface area contributed by atoms with E-state index in [1.54, 1.807) is 31.4 Å². The van der Waals surface area contributed by atoms with Crippen LogP contribution >= 0.6 is 0 Å². The number of likely N-dealkylation sites (N-methyl/N-ethyl adjacent to an activating group) is 1. The second-order valence-corrected chi connectivity index (χ2v) is 4.83. The third-order valence-corrected chi connectivity index (χ3v) is 3.35. The molecule has 0 aliphatic heterocycles. The number of nitrogens with one attached hydrogen (secondary N) is 1. The molecule has 20 heavy (non-hydrogen) atoms. The Morgan fingerprint density at radius 2 is 2.20 bits per heavy atom. The van der Waals surface area contributed by atoms with E-state index in [0.717, 1.165) is 0 Å². The number of ether oxygens (including phenoxy) is 1. The summed E-state index contributed by atoms with van der Waals surface area (Å²) in [5, 5.41) is 11.7. The molecule has 1 rings (SSSR count). The van der Waals surface area contributed by atoms with Crippen LogP contribution < -0.4 is 5.32 Å². The van der Waals surface area contributed by atoms with E-state index in [9.17, 15) is 4.79 Å². The van der Waals surface area contributed by atoms with Gasteiger partial charge in [-0.3, -0.25) is 9.69 Å². The number of nitriles is 1. The summed E-state index contributed by atoms with van der Waals surface area (Å²) in [4.78, 5) is 14.1. The van der Waals surface area contributed by atoms with Crippen molar-refractivity contribution in [3.05, 3.63) is 29.8 Å². The van der Waals surface area contributed by atoms with Crippen LogP contribution in [0.25, 0.3) is 0 Å². The van der Waals surface area contributed by atoms with Crippen LogP contribution in [0, 0.1) is 11.3 Å². The number of anilines is 1. The molecule has 1 N–H and O–H groups in total. The van der Waals surface area contributed by atoms with E-state index in [4.69, 9.17) is 10.00 Å². The van der Waals surface area contributed by atoms with Gasteiger partial charge in [0.15, 0.2) is 0 Å². The van der Waals surface area contributed by atoms with Crippen molar-refractivity contribution in [3.63, 3.8) is 0 Å². The fourth-order valence-corrected chi connectivity index (χ4v) is 1.84. The van der Waals surface area contributed by atoms with Crippen molar-refractivity contribution in [2.45, 2.75) is 25.9 Å². The summed E-state index contributed by atoms with van der Waals surface area (Å²) in [7, 11) is 3.53. The molecular weight excluding hydrogens is 254 g/mol. The summed E-state index contributed by atoms with van der Waals surface area (Å²) >= 11 is 0. The summed E-state index contributed by atoms with van der Waals surface area (Å²) in [6, 6.07) is 8.78. The van der Waals surface area contributed by atoms with Crippen molar-refractivity contribution in [3.8, 4) is 6.07 Å². The highest BCUT2D eigenvalue weighted by Crippen LogP contribution is 2.12. The normalized spacial score (nSPS) is 13.6. The third-order valence-electron chi connectivity index (χ3n) is 3.35. The van der Waals surface area contributed by atoms with E-state index in [1.165, 1.54) is 0 Å². The molecule has 5 heteroatoms. The lowest BCUT2D eigenvalue weighted by molar-refractivity contribution is -0.121. The van der Waals surface area contributed by atoms with Gasteiger partial charge in [-0.1, -0.05) is 6.07 Å². The number of nitrogens with zero attached hydrogens (tertiary/aromatic N) is 2. The Bertz CT molecular complexity index is 496. The van der Waals surface area contributed by atoms with Gasteiger partial charge < -0.3 is 10.1 Å². The molecule has 0 spiro atoms. The Labute approximate surface area is 120 Å². The van der Waals surface area contributed by atoms with Crippen molar-refractivity contribution < 1.29 is 9.53 Å². The Hall–Kier alpha value is -1.90. The summed E-state index contributed by atoms with van der Waals surface area (Å²) in [5.41, 5.74) is 1.16. The van der Waals surface area contributed by atoms with Crippen LogP contribution in [0.15, 0.2) is 24.3 Å². The predicted molar refractivity (Wildman–Crippen MR) is 78.3 cm³/mol. The highest BCUT2D eigenvalue weighted by atomic mass is 16.5. The molecule has 2 unspecified atom stereocenters. The van der Waals surface area contributed by atoms with Gasteiger partial charge in [-0.05, 0) is 39.1 Å². The lowest BCUT2D eigenvalue weighted by Gasteiger charge is -2.29. The molecule has 5 nitrogen and oxygen atoms in total. The van der Waals surface area contributed by atoms with Crippen LogP contribution in [0.4, 0.5) is 5.69 Å². The molecule has 0 aliphatic rings. The maximum absolute atomic E-state index is 12.2. The minimum atomic E-state index is -0.286. The van der Waals surface area contributed by atoms with Gasteiger partial charge in [-0.25, -0.2) is 0 Å². The van der Waals surface area contributed by atoms with Crippen LogP contribution in [-0.2, 0) is 9.53 Å². The monoisotopic (exact) mass is 275 g/mol. The summed E-state index contributed by atoms with van der Waals surface area (Å²) in [5.74, 6) is -0.106. The fraction of sp³-hybridized carbons (Fsp3) is 0.467. The van der Waals surface area contributed by atoms with Gasteiger partial charge in [-0.15, -0.1) is 0 Å². The highest BCUT2D eigenvalue weighted by molar-refractivity contribution is 5.94. The number of carbonyl (C=O) groups excluding carboxylic acids is 1. The van der Waals surface area contributed by atoms with E-state index in [2.05, 4.69) is 5.32 Å². The van der Waals surface area contributed by atoms with Crippen LogP contribution in [-0.4, -0.2) is 43.7 Å². The first-order valence-corrected chi connectivity index (χ1v) is 6.51. The first-order chi connectivity index (χ1) is 9.49. The van der Waals surface area contributed by atoms with E-state index < -0.39 is 0 Å². The summed E-state index contributed by atoms with van der Waals surface area (Å²) < 4.78 is 5.09. The fourth-order valence-electron chi connectivity index (χ4n) is 1.84. The van der Waals surface area contributed by atoms with Gasteiger partial charge >= 0.3 is 0 Å². The molecule has 0 saturated heterocycles. The first kappa shape index (κ1) is 16.2. The third kappa shape index (κ3) is 4.34. The minimum absolute atomic E-state index is 0.106. The van der Waals surface area contributed by atoms with Crippen molar-refractivity contribution in [1.82, 2.24) is 4.90 Å². The quantitative estimate of drug-likeness (QED) is 0.860. The molecule has 1 aromatic rings. The highest BCUT2D eigenvalue weighted by Gasteiger charge is 2.22. The van der Waals surface area contributed by atoms with E-state index in [0.29, 0.717) is 17.9 Å². The zero-order valence-electron chi connectivity index (χ0n) is 12.4. The zero-order valence-corrected chi connectivity index (χ0v) is 12.4. The average Bonchev–Trinajstić information content (AvgIpc) is 2.46. The standard InChI is InChI=1S/C15H21N3O2/c1-11(10-20-4)18(3)12(2)15(19)17-14-7-5-6-13(8-14)9-16/h5-8,11-12H,10H2,1-4H3,(H,17,19). The number of methoxy groups -OCH3 is 1. The second-order valence-electron chi connectivity index (χ2n) is 4.83. The molecule has 0 heterocycles. The smallest absolute Gasteiger partial charge is 0.241 e. The average molecular weight is 275 g/mol. The lowest BCUT2D eigenvalue weighted by Crippen LogP contribution is -2.45. The van der Waals surface area contributed by atoms with Gasteiger partial charge in [0.25, 0.3) is 0 Å². The first-order valence-electron chi connectivity index (χ1n) is 6.51. The molecule has 0 saturated carbocycles. The molecule has 0 bridgehead atoms. The van der Waals surface area contributed by atoms with Gasteiger partial charge in [0.1, 0.15) is 0 Å². The topological polar surface area (TPSA) is 65.4 Å². The van der Waals surface area contributed by atoms with Crippen molar-refractivity contribution in [2.75, 3.05) is 26.1 Å². The number of amides is 1. The van der Waals surface area contributed by atoms with Crippen LogP contribution in [0.5, 0.6) is 0 Å². The maximum Gasteiger partial charge on any atom is 0.241 e. The molecule has 0 aliphatic carbocycles. The molecular formula is C15H21N3O2. The molecule has 2 atom stereocenters. The molecule has 1 amide bonds. The van der Waals surface area contributed by atoms with Crippen LogP contribution in [0.2, 0.25) is 0 Å². The van der Waals surface area contributed by atoms with Crippen LogP contribution in [0.1, 0.15) is 19.4 Å². The van der Waals surface area contributed by atoms with Crippen molar-refractivity contribution in [2.24, 2.45) is 0 Å². The van der Waals surface area contributed by atoms with Gasteiger partial charge in [0.05, 0.1) is 24.3 Å². The van der Waals surface area contributed by atoms with Crippen LogP contribution in [0.3, 0.4) is 0 Å². The van der Waals surface area contributed by atoms with Gasteiger partial charge in [0.2, 0.25) is 5.91 Å². The summed E-state index contributed by atoms with van der Waals surface area (Å²) in [6.45, 7) is 4.41. The maximum atomic E-state index is 12.2. The van der Waals surface area contributed by atoms with Gasteiger partial charge in [0, 0.05) is 18.8 Å². The SMILES string of the molecule is COCC(C)N(C)C(C)C(=O)Nc1cccc(C#N)c1. The van der Waals surface area contributed by atoms with E-state index in [-0.39, 0.29) is 18.0 Å². The Kier molecular flexibility index (Phi) is 6.16. The summed E-state index contributed by atoms with van der Waals surface area (Å²) in [6.07, 6.45) is 0. The number of carbonyl (C=O) groups is 1. The number of rotatable bonds is 6. The number of benzene rings is 1. The van der Waals surface area contributed by atoms with E-state index in [1.807, 2.05) is 31.9 Å². The Morgan fingerprint density at radius 3 is 2.80 bits per heavy atom. The minimum Gasteiger partial charge on any atom is -0.383 e. The molecule has 1 aromatic carbocycles. The molecule has 0 aromatic heterocycles. The van der Waals surface area contributed by atoms with Crippen molar-refractivity contribution >= 4 is 11.6 Å². The Balaban J connectivity index is 2.68. The number of hydrogen-bond donors (Lipinski definition) is 1. The van der Waals surface area contributed by atoms with E-state index >= 15 is 0 Å². The van der Waals surface area contributed by atoms with Crippen molar-refractivity contribution in [1.29, 1.82) is 5.26 Å². The number of hydrogen-bond acceptors (Lipinski definition) is 4. The molecule has 108 valence electrons. The molecule has 0 fully saturated rings. The molecule has 0 radical (unpaired) electrons. The lowest BCUT2D eigenvalue weighted by atomic mass is 10.2. The second kappa shape index (κ2) is 7.63. The van der Waals surface area contributed by atoms with Gasteiger partial charge in [-0.2, -0.15) is 5.26 Å².